The van der Waals surface area contributed by atoms with Crippen LogP contribution in [0.4, 0.5) is 0 Å². The molecule has 2 rings (SSSR count). The van der Waals surface area contributed by atoms with Gasteiger partial charge in [0.2, 0.25) is 5.04 Å². The molecule has 0 radical (unpaired) electrons. The van der Waals surface area contributed by atoms with E-state index in [1.54, 1.807) is 50.2 Å². The van der Waals surface area contributed by atoms with Crippen LogP contribution in [-0.4, -0.2) is 26.5 Å². The summed E-state index contributed by atoms with van der Waals surface area (Å²) in [4.78, 5) is 12.6. The molecule has 0 aromatic heterocycles. The van der Waals surface area contributed by atoms with Crippen molar-refractivity contribution in [2.24, 2.45) is 5.16 Å². The highest BCUT2D eigenvalue weighted by Crippen LogP contribution is 2.25. The van der Waals surface area contributed by atoms with Gasteiger partial charge in [-0.1, -0.05) is 52.8 Å². The first-order chi connectivity index (χ1) is 12.2. The van der Waals surface area contributed by atoms with Gasteiger partial charge in [0.1, 0.15) is 4.90 Å². The molecule has 6 nitrogen and oxygen atoms in total. The van der Waals surface area contributed by atoms with E-state index >= 15 is 0 Å². The second-order valence-corrected chi connectivity index (χ2v) is 8.09. The van der Waals surface area contributed by atoms with Crippen molar-refractivity contribution >= 4 is 32.9 Å². The Morgan fingerprint density at radius 2 is 1.62 bits per heavy atom. The molecule has 0 saturated heterocycles. The van der Waals surface area contributed by atoms with E-state index in [9.17, 15) is 13.2 Å². The Morgan fingerprint density at radius 1 is 1.04 bits per heavy atom. The normalized spacial score (nSPS) is 11.9. The summed E-state index contributed by atoms with van der Waals surface area (Å²) < 4.78 is 34.6. The van der Waals surface area contributed by atoms with Crippen LogP contribution in [0.3, 0.4) is 0 Å². The monoisotopic (exact) mass is 393 g/mol. The highest BCUT2D eigenvalue weighted by molar-refractivity contribution is 8.15. The highest BCUT2D eigenvalue weighted by Gasteiger charge is 2.24. The van der Waals surface area contributed by atoms with Crippen LogP contribution in [0.5, 0.6) is 0 Å². The lowest BCUT2D eigenvalue weighted by molar-refractivity contribution is -0.132. The van der Waals surface area contributed by atoms with Crippen LogP contribution < -0.4 is 0 Å². The molecule has 0 saturated carbocycles. The molecular weight excluding hydrogens is 374 g/mol. The van der Waals surface area contributed by atoms with Gasteiger partial charge < -0.3 is 4.74 Å². The molecule has 0 heterocycles. The third kappa shape index (κ3) is 4.86. The zero-order valence-electron chi connectivity index (χ0n) is 14.8. The van der Waals surface area contributed by atoms with E-state index in [4.69, 9.17) is 4.28 Å². The molecule has 0 aliphatic rings. The summed E-state index contributed by atoms with van der Waals surface area (Å²) in [6.07, 6.45) is 0. The van der Waals surface area contributed by atoms with E-state index in [2.05, 4.69) is 9.89 Å². The van der Waals surface area contributed by atoms with Gasteiger partial charge in [0.25, 0.3) is 0 Å². The Hall–Kier alpha value is -2.32. The lowest BCUT2D eigenvalue weighted by Gasteiger charge is -2.10. The van der Waals surface area contributed by atoms with Crippen molar-refractivity contribution in [3.8, 4) is 0 Å². The van der Waals surface area contributed by atoms with E-state index in [1.165, 1.54) is 7.11 Å². The fraction of sp³-hybridized carbons (Fsp3) is 0.222. The van der Waals surface area contributed by atoms with Crippen molar-refractivity contribution in [3.05, 3.63) is 59.2 Å². The maximum Gasteiger partial charge on any atom is 0.367 e. The van der Waals surface area contributed by atoms with Crippen molar-refractivity contribution < 1.29 is 22.2 Å². The molecule has 26 heavy (non-hydrogen) atoms. The molecule has 0 fully saturated rings. The van der Waals surface area contributed by atoms with Gasteiger partial charge in [0, 0.05) is 4.90 Å². The lowest BCUT2D eigenvalue weighted by atomic mass is 10.1. The number of ether oxygens (including phenoxy) is 1. The zero-order chi connectivity index (χ0) is 19.3. The smallest absolute Gasteiger partial charge is 0.367 e. The summed E-state index contributed by atoms with van der Waals surface area (Å²) in [6, 6.07) is 12.4. The van der Waals surface area contributed by atoms with Crippen LogP contribution in [-0.2, 0) is 23.9 Å². The molecule has 138 valence electrons. The van der Waals surface area contributed by atoms with Gasteiger partial charge in [-0.25, -0.2) is 4.79 Å². The summed E-state index contributed by atoms with van der Waals surface area (Å²) in [5.74, 6) is -0.786. The second kappa shape index (κ2) is 8.37. The molecule has 8 heteroatoms. The molecule has 0 atom stereocenters. The fourth-order valence-electron chi connectivity index (χ4n) is 2.47. The summed E-state index contributed by atoms with van der Waals surface area (Å²) in [6.45, 7) is 5.24. The summed E-state index contributed by atoms with van der Waals surface area (Å²) in [5.41, 5.74) is 2.04. The van der Waals surface area contributed by atoms with Crippen LogP contribution in [0.2, 0.25) is 0 Å². The Bertz CT molecular complexity index is 914. The number of hydrogen-bond acceptors (Lipinski definition) is 7. The molecule has 0 N–H and O–H groups in total. The number of carbonyl (C=O) groups is 1. The van der Waals surface area contributed by atoms with Crippen LogP contribution in [0, 0.1) is 20.8 Å². The molecular formula is C18H19NO5S2. The minimum atomic E-state index is -4.18. The van der Waals surface area contributed by atoms with Gasteiger partial charge in [-0.05, 0) is 44.0 Å². The third-order valence-corrected chi connectivity index (χ3v) is 5.75. The Balaban J connectivity index is 2.35. The van der Waals surface area contributed by atoms with E-state index in [0.717, 1.165) is 17.3 Å². The van der Waals surface area contributed by atoms with Crippen molar-refractivity contribution in [2.45, 2.75) is 30.6 Å². The average Bonchev–Trinajstić information content (AvgIpc) is 2.57. The minimum absolute atomic E-state index is 0.0424. The van der Waals surface area contributed by atoms with Gasteiger partial charge in [0.05, 0.1) is 7.11 Å². The predicted octanol–water partition coefficient (Wildman–Crippen LogP) is 3.60. The molecule has 0 aliphatic heterocycles. The van der Waals surface area contributed by atoms with Crippen molar-refractivity contribution in [1.82, 2.24) is 0 Å². The first-order valence-electron chi connectivity index (χ1n) is 7.65. The molecule has 2 aromatic rings. The van der Waals surface area contributed by atoms with Gasteiger partial charge in [-0.2, -0.15) is 8.42 Å². The van der Waals surface area contributed by atoms with Gasteiger partial charge in [-0.15, -0.1) is 0 Å². The fourth-order valence-corrected chi connectivity index (χ4v) is 4.42. The van der Waals surface area contributed by atoms with Crippen LogP contribution in [0.25, 0.3) is 0 Å². The van der Waals surface area contributed by atoms with Crippen LogP contribution >= 0.6 is 11.8 Å². The number of oxime groups is 1. The van der Waals surface area contributed by atoms with E-state index in [-0.39, 0.29) is 9.94 Å². The molecule has 0 aliphatic carbocycles. The standard InChI is InChI=1S/C18H19NO5S2/c1-12-10-13(2)16(14(3)11-12)26(21,22)24-19-17(18(20)23-4)25-15-8-6-5-7-9-15/h5-11H,1-4H3. The van der Waals surface area contributed by atoms with E-state index in [1.807, 2.05) is 13.0 Å². The van der Waals surface area contributed by atoms with Crippen LogP contribution in [0.15, 0.2) is 57.4 Å². The Kier molecular flexibility index (Phi) is 6.44. The minimum Gasteiger partial charge on any atom is -0.464 e. The second-order valence-electron chi connectivity index (χ2n) is 5.56. The molecule has 0 amide bonds. The van der Waals surface area contributed by atoms with Crippen molar-refractivity contribution in [3.63, 3.8) is 0 Å². The van der Waals surface area contributed by atoms with Gasteiger partial charge in [-0.3, -0.25) is 4.28 Å². The number of rotatable bonds is 4. The number of nitrogens with zero attached hydrogens (tertiary/aromatic N) is 1. The number of aryl methyl sites for hydroxylation is 3. The first-order valence-corrected chi connectivity index (χ1v) is 9.88. The quantitative estimate of drug-likeness (QED) is 0.260. The lowest BCUT2D eigenvalue weighted by Crippen LogP contribution is -2.15. The van der Waals surface area contributed by atoms with Crippen molar-refractivity contribution in [1.29, 1.82) is 0 Å². The number of carbonyl (C=O) groups excluding carboxylic acids is 1. The number of methoxy groups -OCH3 is 1. The summed E-state index contributed by atoms with van der Waals surface area (Å²) >= 11 is 0.954. The van der Waals surface area contributed by atoms with Gasteiger partial charge >= 0.3 is 16.1 Å². The maximum absolute atomic E-state index is 12.6. The Labute approximate surface area is 157 Å². The number of benzene rings is 2. The van der Waals surface area contributed by atoms with E-state index in [0.29, 0.717) is 16.0 Å². The molecule has 0 unspecified atom stereocenters. The number of esters is 1. The maximum atomic E-state index is 12.6. The molecule has 2 aromatic carbocycles. The largest absolute Gasteiger partial charge is 0.464 e. The first kappa shape index (κ1) is 20.0. The van der Waals surface area contributed by atoms with Gasteiger partial charge in [0.15, 0.2) is 0 Å². The van der Waals surface area contributed by atoms with Crippen molar-refractivity contribution in [2.75, 3.05) is 7.11 Å². The topological polar surface area (TPSA) is 82.0 Å². The average molecular weight is 393 g/mol. The summed E-state index contributed by atoms with van der Waals surface area (Å²) in [7, 11) is -2.99. The van der Waals surface area contributed by atoms with E-state index < -0.39 is 16.1 Å². The number of hydrogen-bond donors (Lipinski definition) is 0. The number of thioether (sulfide) groups is 1. The SMILES string of the molecule is COC(=O)C(=NOS(=O)(=O)c1c(C)cc(C)cc1C)Sc1ccccc1. The Morgan fingerprint density at radius 3 is 2.15 bits per heavy atom. The van der Waals surface area contributed by atoms with Crippen LogP contribution in [0.1, 0.15) is 16.7 Å². The third-order valence-electron chi connectivity index (χ3n) is 3.39. The molecule has 0 bridgehead atoms. The zero-order valence-corrected chi connectivity index (χ0v) is 16.5. The molecule has 0 spiro atoms. The predicted molar refractivity (Wildman–Crippen MR) is 101 cm³/mol. The highest BCUT2D eigenvalue weighted by atomic mass is 32.2. The summed E-state index contributed by atoms with van der Waals surface area (Å²) in [5, 5.41) is 3.34.